The first-order chi connectivity index (χ1) is 17.3. The van der Waals surface area contributed by atoms with Crippen LogP contribution in [0.25, 0.3) is 16.8 Å². The standard InChI is InChI=1S/C28H24BrNO5S.Na/c1-34-25-12-9-22(16-19-7-8-20-5-3-4-6-21(20)15-19)23(17-25)10-14-28(31)30-36(32,33)27-18-24(29)11-13-26(27)35-2;/h3-15,17-18H,16H2,1-2H3,(H,30,31);/q;+1/b14-10+;. The Morgan fingerprint density at radius 1 is 0.919 bits per heavy atom. The average Bonchev–Trinajstić information content (AvgIpc) is 2.87. The first-order valence-corrected chi connectivity index (χ1v) is 13.3. The molecule has 0 saturated heterocycles. The number of nitrogens with one attached hydrogen (secondary N) is 1. The van der Waals surface area contributed by atoms with E-state index in [4.69, 9.17) is 9.47 Å². The smallest absolute Gasteiger partial charge is 0.497 e. The van der Waals surface area contributed by atoms with Crippen molar-refractivity contribution in [1.29, 1.82) is 0 Å². The molecule has 6 nitrogen and oxygen atoms in total. The van der Waals surface area contributed by atoms with Crippen LogP contribution in [0.5, 0.6) is 11.5 Å². The van der Waals surface area contributed by atoms with Crippen molar-refractivity contribution in [2.24, 2.45) is 0 Å². The number of sulfonamides is 1. The number of rotatable bonds is 8. The molecule has 0 aliphatic rings. The Bertz CT molecular complexity index is 1570. The third kappa shape index (κ3) is 7.24. The van der Waals surface area contributed by atoms with E-state index in [2.05, 4.69) is 51.0 Å². The van der Waals surface area contributed by atoms with Crippen molar-refractivity contribution < 1.29 is 52.2 Å². The second kappa shape index (κ2) is 12.8. The molecule has 0 aliphatic carbocycles. The van der Waals surface area contributed by atoms with E-state index in [1.807, 2.05) is 30.3 Å². The van der Waals surface area contributed by atoms with Crippen LogP contribution in [0.3, 0.4) is 0 Å². The van der Waals surface area contributed by atoms with Crippen molar-refractivity contribution in [3.05, 3.63) is 106 Å². The molecule has 0 heterocycles. The molecule has 1 amide bonds. The number of ether oxygens (including phenoxy) is 2. The van der Waals surface area contributed by atoms with Gasteiger partial charge in [-0.05, 0) is 70.3 Å². The zero-order valence-electron chi connectivity index (χ0n) is 20.7. The van der Waals surface area contributed by atoms with E-state index in [1.165, 1.54) is 25.3 Å². The topological polar surface area (TPSA) is 81.7 Å². The SMILES string of the molecule is COc1ccc(Cc2ccc3ccccc3c2)c(/C=C/C(=O)NS(=O)(=O)c2cc(Br)ccc2OC)c1.[Na+]. The molecule has 0 saturated carbocycles. The number of hydrogen-bond acceptors (Lipinski definition) is 5. The molecule has 0 atom stereocenters. The number of methoxy groups -OCH3 is 2. The number of carbonyl (C=O) groups excluding carboxylic acids is 1. The van der Waals surface area contributed by atoms with Crippen LogP contribution in [0.1, 0.15) is 16.7 Å². The van der Waals surface area contributed by atoms with Crippen molar-refractivity contribution in [3.63, 3.8) is 0 Å². The number of amides is 1. The van der Waals surface area contributed by atoms with Crippen LogP contribution in [0.2, 0.25) is 0 Å². The molecule has 0 spiro atoms. The van der Waals surface area contributed by atoms with Crippen LogP contribution < -0.4 is 43.8 Å². The maximum Gasteiger partial charge on any atom is 1.00 e. The van der Waals surface area contributed by atoms with Crippen molar-refractivity contribution in [1.82, 2.24) is 4.72 Å². The maximum absolute atomic E-state index is 12.8. The molecule has 184 valence electrons. The minimum absolute atomic E-state index is 0. The van der Waals surface area contributed by atoms with Gasteiger partial charge in [-0.25, -0.2) is 13.1 Å². The van der Waals surface area contributed by atoms with Gasteiger partial charge in [0.1, 0.15) is 16.4 Å². The molecule has 0 radical (unpaired) electrons. The predicted octanol–water partition coefficient (Wildman–Crippen LogP) is 2.73. The van der Waals surface area contributed by atoms with Gasteiger partial charge in [-0.2, -0.15) is 0 Å². The van der Waals surface area contributed by atoms with Gasteiger partial charge in [-0.3, -0.25) is 4.79 Å². The van der Waals surface area contributed by atoms with E-state index in [0.29, 0.717) is 16.6 Å². The summed E-state index contributed by atoms with van der Waals surface area (Å²) in [6.45, 7) is 0. The van der Waals surface area contributed by atoms with Crippen LogP contribution in [-0.4, -0.2) is 28.5 Å². The van der Waals surface area contributed by atoms with Crippen molar-refractivity contribution in [2.45, 2.75) is 11.3 Å². The van der Waals surface area contributed by atoms with E-state index in [9.17, 15) is 13.2 Å². The zero-order chi connectivity index (χ0) is 25.7. The largest absolute Gasteiger partial charge is 1.00 e. The molecule has 0 fully saturated rings. The van der Waals surface area contributed by atoms with Gasteiger partial charge in [0.2, 0.25) is 0 Å². The molecule has 1 N–H and O–H groups in total. The van der Waals surface area contributed by atoms with Gasteiger partial charge in [-0.15, -0.1) is 0 Å². The molecule has 37 heavy (non-hydrogen) atoms. The van der Waals surface area contributed by atoms with Gasteiger partial charge < -0.3 is 9.47 Å². The van der Waals surface area contributed by atoms with E-state index in [0.717, 1.165) is 27.5 Å². The van der Waals surface area contributed by atoms with E-state index in [-0.39, 0.29) is 40.2 Å². The van der Waals surface area contributed by atoms with Gasteiger partial charge in [0.15, 0.2) is 0 Å². The number of benzene rings is 4. The summed E-state index contributed by atoms with van der Waals surface area (Å²) >= 11 is 3.25. The van der Waals surface area contributed by atoms with Gasteiger partial charge in [0.05, 0.1) is 14.2 Å². The van der Waals surface area contributed by atoms with Crippen LogP contribution in [-0.2, 0) is 21.2 Å². The van der Waals surface area contributed by atoms with Crippen LogP contribution in [0.4, 0.5) is 0 Å². The Morgan fingerprint density at radius 2 is 1.68 bits per heavy atom. The summed E-state index contributed by atoms with van der Waals surface area (Å²) in [5.74, 6) is -0.0201. The predicted molar refractivity (Wildman–Crippen MR) is 145 cm³/mol. The fraction of sp³-hybridized carbons (Fsp3) is 0.107. The summed E-state index contributed by atoms with van der Waals surface area (Å²) in [6, 6.07) is 24.6. The molecule has 0 bridgehead atoms. The molecular weight excluding hydrogens is 565 g/mol. The molecular formula is C28H24BrNNaO5S+. The Morgan fingerprint density at radius 3 is 2.41 bits per heavy atom. The van der Waals surface area contributed by atoms with Gasteiger partial charge >= 0.3 is 29.6 Å². The van der Waals surface area contributed by atoms with E-state index in [1.54, 1.807) is 19.3 Å². The van der Waals surface area contributed by atoms with E-state index < -0.39 is 15.9 Å². The summed E-state index contributed by atoms with van der Waals surface area (Å²) in [6.07, 6.45) is 3.41. The Kier molecular flexibility index (Phi) is 9.98. The monoisotopic (exact) mass is 588 g/mol. The minimum atomic E-state index is -4.15. The third-order valence-electron chi connectivity index (χ3n) is 5.63. The summed E-state index contributed by atoms with van der Waals surface area (Å²) in [5, 5.41) is 2.31. The number of halogens is 1. The normalized spacial score (nSPS) is 11.2. The van der Waals surface area contributed by atoms with E-state index >= 15 is 0 Å². The van der Waals surface area contributed by atoms with Gasteiger partial charge in [0, 0.05) is 10.5 Å². The van der Waals surface area contributed by atoms with Crippen molar-refractivity contribution in [2.75, 3.05) is 14.2 Å². The number of fused-ring (bicyclic) bond motifs is 1. The summed E-state index contributed by atoms with van der Waals surface area (Å²) in [5.41, 5.74) is 2.82. The molecule has 4 aromatic carbocycles. The molecule has 4 rings (SSSR count). The van der Waals surface area contributed by atoms with Crippen molar-refractivity contribution in [3.8, 4) is 11.5 Å². The molecule has 0 aromatic heterocycles. The second-order valence-corrected chi connectivity index (χ2v) is 10.6. The summed E-state index contributed by atoms with van der Waals surface area (Å²) in [7, 11) is -1.22. The zero-order valence-corrected chi connectivity index (χ0v) is 25.1. The molecule has 9 heteroatoms. The Balaban J connectivity index is 0.00000380. The first kappa shape index (κ1) is 28.9. The van der Waals surface area contributed by atoms with Crippen LogP contribution in [0, 0.1) is 0 Å². The first-order valence-electron chi connectivity index (χ1n) is 11.0. The fourth-order valence-corrected chi connectivity index (χ4v) is 5.49. The fourth-order valence-electron chi connectivity index (χ4n) is 3.83. The quantitative estimate of drug-likeness (QED) is 0.253. The summed E-state index contributed by atoms with van der Waals surface area (Å²) < 4.78 is 38.7. The Hall–Kier alpha value is -2.62. The molecule has 0 unspecified atom stereocenters. The average molecular weight is 589 g/mol. The van der Waals surface area contributed by atoms with Gasteiger partial charge in [0.25, 0.3) is 15.9 Å². The van der Waals surface area contributed by atoms with Crippen molar-refractivity contribution >= 4 is 48.7 Å². The number of carbonyl (C=O) groups is 1. The molecule has 0 aliphatic heterocycles. The van der Waals surface area contributed by atoms with Crippen LogP contribution >= 0.6 is 15.9 Å². The van der Waals surface area contributed by atoms with Gasteiger partial charge in [-0.1, -0.05) is 64.5 Å². The molecule has 4 aromatic rings. The maximum atomic E-state index is 12.8. The van der Waals surface area contributed by atoms with Crippen LogP contribution in [0.15, 0.2) is 94.3 Å². The summed E-state index contributed by atoms with van der Waals surface area (Å²) in [4.78, 5) is 12.5. The number of hydrogen-bond donors (Lipinski definition) is 1. The minimum Gasteiger partial charge on any atom is -0.497 e. The second-order valence-electron chi connectivity index (χ2n) is 8.02. The third-order valence-corrected chi connectivity index (χ3v) is 7.49. The Labute approximate surface area is 247 Å².